The van der Waals surface area contributed by atoms with Crippen LogP contribution in [0.4, 0.5) is 9.18 Å². The van der Waals surface area contributed by atoms with Crippen molar-refractivity contribution in [3.8, 4) is 5.75 Å². The van der Waals surface area contributed by atoms with Gasteiger partial charge in [0.25, 0.3) is 5.91 Å². The molecule has 42 heavy (non-hydrogen) atoms. The van der Waals surface area contributed by atoms with Gasteiger partial charge in [-0.1, -0.05) is 42.0 Å². The molecule has 1 fully saturated rings. The van der Waals surface area contributed by atoms with Gasteiger partial charge in [-0.2, -0.15) is 0 Å². The molecule has 7 nitrogen and oxygen atoms in total. The lowest BCUT2D eigenvalue weighted by molar-refractivity contribution is 0.0236. The molecule has 3 aromatic rings. The Bertz CT molecular complexity index is 1420. The van der Waals surface area contributed by atoms with Crippen LogP contribution in [0.1, 0.15) is 87.5 Å². The van der Waals surface area contributed by atoms with E-state index in [1.807, 2.05) is 65.8 Å². The van der Waals surface area contributed by atoms with Crippen LogP contribution in [0.15, 0.2) is 72.6 Å². The van der Waals surface area contributed by atoms with Crippen LogP contribution in [0.2, 0.25) is 0 Å². The zero-order valence-corrected chi connectivity index (χ0v) is 25.2. The molecule has 1 aliphatic heterocycles. The van der Waals surface area contributed by atoms with E-state index in [2.05, 4.69) is 10.3 Å². The lowest BCUT2D eigenvalue weighted by atomic mass is 9.88. The van der Waals surface area contributed by atoms with Gasteiger partial charge in [0.1, 0.15) is 17.2 Å². The van der Waals surface area contributed by atoms with E-state index in [4.69, 9.17) is 9.47 Å². The van der Waals surface area contributed by atoms with Crippen molar-refractivity contribution < 1.29 is 23.5 Å². The van der Waals surface area contributed by atoms with Gasteiger partial charge in [0.2, 0.25) is 0 Å². The van der Waals surface area contributed by atoms with E-state index < -0.39 is 5.60 Å². The average molecular weight is 574 g/mol. The van der Waals surface area contributed by atoms with Crippen LogP contribution < -0.4 is 10.1 Å². The molecule has 0 bridgehead atoms. The Kier molecular flexibility index (Phi) is 9.66. The monoisotopic (exact) mass is 573 g/mol. The normalized spacial score (nSPS) is 14.4. The fourth-order valence-corrected chi connectivity index (χ4v) is 4.91. The van der Waals surface area contributed by atoms with E-state index >= 15 is 0 Å². The van der Waals surface area contributed by atoms with Gasteiger partial charge in [0, 0.05) is 19.3 Å². The highest BCUT2D eigenvalue weighted by Crippen LogP contribution is 2.33. The van der Waals surface area contributed by atoms with Crippen LogP contribution >= 0.6 is 0 Å². The number of likely N-dealkylation sites (tertiary alicyclic amines) is 1. The number of nitrogens with zero attached hydrogens (tertiary/aromatic N) is 2. The van der Waals surface area contributed by atoms with Crippen LogP contribution in [-0.2, 0) is 4.74 Å². The van der Waals surface area contributed by atoms with Gasteiger partial charge in [-0.05, 0) is 94.8 Å². The molecule has 2 heterocycles. The van der Waals surface area contributed by atoms with Crippen molar-refractivity contribution in [3.63, 3.8) is 0 Å². The number of carbonyl (C=O) groups is 2. The topological polar surface area (TPSA) is 80.8 Å². The number of nitrogens with one attached hydrogen (secondary N) is 1. The molecule has 0 radical (unpaired) electrons. The summed E-state index contributed by atoms with van der Waals surface area (Å²) in [6.45, 7) is 12.5. The smallest absolute Gasteiger partial charge is 0.410 e. The van der Waals surface area contributed by atoms with E-state index in [-0.39, 0.29) is 30.0 Å². The number of hydrogen-bond donors (Lipinski definition) is 1. The van der Waals surface area contributed by atoms with Gasteiger partial charge in [-0.25, -0.2) is 9.18 Å². The summed E-state index contributed by atoms with van der Waals surface area (Å²) in [5.41, 5.74) is 4.97. The molecule has 2 amide bonds. The number of carbonyl (C=O) groups excluding carboxylic acids is 2. The molecule has 1 saturated heterocycles. The minimum atomic E-state index is -0.548. The number of aromatic nitrogens is 1. The summed E-state index contributed by atoms with van der Waals surface area (Å²) in [4.78, 5) is 31.4. The minimum Gasteiger partial charge on any atom is -0.489 e. The Morgan fingerprint density at radius 1 is 0.905 bits per heavy atom. The Morgan fingerprint density at radius 2 is 1.50 bits per heavy atom. The first-order valence-corrected chi connectivity index (χ1v) is 14.4. The first-order chi connectivity index (χ1) is 19.9. The minimum absolute atomic E-state index is 0.0187. The molecule has 222 valence electrons. The summed E-state index contributed by atoms with van der Waals surface area (Å²) < 4.78 is 25.0. The second-order valence-electron chi connectivity index (χ2n) is 11.8. The largest absolute Gasteiger partial charge is 0.489 e. The molecular formula is C34H40FN3O4. The third kappa shape index (κ3) is 8.18. The van der Waals surface area contributed by atoms with Crippen molar-refractivity contribution in [1.82, 2.24) is 15.2 Å². The number of benzene rings is 2. The predicted octanol–water partition coefficient (Wildman–Crippen LogP) is 7.33. The van der Waals surface area contributed by atoms with E-state index in [0.717, 1.165) is 22.3 Å². The molecule has 1 aliphatic rings. The van der Waals surface area contributed by atoms with E-state index in [9.17, 15) is 14.0 Å². The average Bonchev–Trinajstić information content (AvgIpc) is 2.94. The summed E-state index contributed by atoms with van der Waals surface area (Å²) in [5, 5.41) is 3.04. The molecule has 0 unspecified atom stereocenters. The molecule has 0 spiro atoms. The lowest BCUT2D eigenvalue weighted by Gasteiger charge is -2.32. The first kappa shape index (κ1) is 30.8. The standard InChI is InChI=1S/C34H40FN3O4/c1-22(2)41-30-19-28(20-36-21-30)32(39)37-23(3)24-7-9-25(10-8-24)31(26-11-13-29(35)14-12-26)27-15-17-38(18-16-27)33(40)42-34(4,5)6/h7-14,19-23H,15-18H2,1-6H3,(H,37,39)/t23-/m1/s1. The second-order valence-corrected chi connectivity index (χ2v) is 11.8. The maximum absolute atomic E-state index is 13.8. The van der Waals surface area contributed by atoms with Crippen molar-refractivity contribution >= 4 is 17.6 Å². The van der Waals surface area contributed by atoms with Gasteiger partial charge < -0.3 is 19.7 Å². The van der Waals surface area contributed by atoms with Crippen LogP contribution in [-0.4, -0.2) is 46.7 Å². The fourth-order valence-electron chi connectivity index (χ4n) is 4.91. The molecule has 2 aromatic carbocycles. The number of piperidine rings is 1. The third-order valence-electron chi connectivity index (χ3n) is 6.90. The first-order valence-electron chi connectivity index (χ1n) is 14.4. The highest BCUT2D eigenvalue weighted by Gasteiger charge is 2.26. The molecule has 0 saturated carbocycles. The van der Waals surface area contributed by atoms with E-state index in [0.29, 0.717) is 37.2 Å². The van der Waals surface area contributed by atoms with Crippen LogP contribution in [0.25, 0.3) is 5.57 Å². The van der Waals surface area contributed by atoms with Crippen molar-refractivity contribution in [3.05, 3.63) is 101 Å². The number of amides is 2. The second kappa shape index (κ2) is 13.2. The van der Waals surface area contributed by atoms with E-state index in [1.54, 1.807) is 29.3 Å². The lowest BCUT2D eigenvalue weighted by Crippen LogP contribution is -2.40. The maximum atomic E-state index is 13.8. The Balaban J connectivity index is 1.52. The van der Waals surface area contributed by atoms with Gasteiger partial charge in [0.05, 0.1) is 23.9 Å². The van der Waals surface area contributed by atoms with Gasteiger partial charge in [-0.15, -0.1) is 0 Å². The summed E-state index contributed by atoms with van der Waals surface area (Å²) in [5.74, 6) is 0.0198. The number of ether oxygens (including phenoxy) is 2. The van der Waals surface area contributed by atoms with Gasteiger partial charge >= 0.3 is 6.09 Å². The van der Waals surface area contributed by atoms with Crippen molar-refractivity contribution in [2.24, 2.45) is 0 Å². The molecule has 8 heteroatoms. The number of pyridine rings is 1. The highest BCUT2D eigenvalue weighted by molar-refractivity contribution is 5.94. The Hall–Kier alpha value is -4.20. The summed E-state index contributed by atoms with van der Waals surface area (Å²) in [7, 11) is 0. The van der Waals surface area contributed by atoms with Crippen LogP contribution in [0.3, 0.4) is 0 Å². The number of rotatable bonds is 7. The highest BCUT2D eigenvalue weighted by atomic mass is 19.1. The zero-order valence-electron chi connectivity index (χ0n) is 25.2. The predicted molar refractivity (Wildman–Crippen MR) is 162 cm³/mol. The maximum Gasteiger partial charge on any atom is 0.410 e. The Morgan fingerprint density at radius 3 is 2.07 bits per heavy atom. The number of hydrogen-bond acceptors (Lipinski definition) is 5. The molecule has 0 aliphatic carbocycles. The fraction of sp³-hybridized carbons (Fsp3) is 0.382. The third-order valence-corrected chi connectivity index (χ3v) is 6.90. The van der Waals surface area contributed by atoms with Crippen LogP contribution in [0, 0.1) is 5.82 Å². The van der Waals surface area contributed by atoms with Crippen LogP contribution in [0.5, 0.6) is 5.75 Å². The van der Waals surface area contributed by atoms with E-state index in [1.165, 1.54) is 23.9 Å². The van der Waals surface area contributed by atoms with Gasteiger partial charge in [0.15, 0.2) is 0 Å². The summed E-state index contributed by atoms with van der Waals surface area (Å²) >= 11 is 0. The zero-order chi connectivity index (χ0) is 30.4. The molecular weight excluding hydrogens is 533 g/mol. The summed E-state index contributed by atoms with van der Waals surface area (Å²) in [6, 6.07) is 16.0. The quantitative estimate of drug-likeness (QED) is 0.320. The Labute approximate surface area is 247 Å². The summed E-state index contributed by atoms with van der Waals surface area (Å²) in [6.07, 6.45) is 4.16. The SMILES string of the molecule is CC(C)Oc1cncc(C(=O)N[C@H](C)c2ccc(C(=C3CCN(C(=O)OC(C)(C)C)CC3)c3ccc(F)cc3)cc2)c1. The number of halogens is 1. The molecule has 1 atom stereocenters. The molecule has 1 aromatic heterocycles. The van der Waals surface area contributed by atoms with Crippen molar-refractivity contribution in [2.45, 2.75) is 72.1 Å². The molecule has 1 N–H and O–H groups in total. The van der Waals surface area contributed by atoms with Crippen molar-refractivity contribution in [1.29, 1.82) is 0 Å². The van der Waals surface area contributed by atoms with Crippen molar-refractivity contribution in [2.75, 3.05) is 13.1 Å². The van der Waals surface area contributed by atoms with Gasteiger partial charge in [-0.3, -0.25) is 9.78 Å². The molecule has 4 rings (SSSR count).